The average Bonchev–Trinajstić information content (AvgIpc) is 2.84. The number of aryl methyl sites for hydroxylation is 1. The van der Waals surface area contributed by atoms with Gasteiger partial charge in [0.2, 0.25) is 0 Å². The van der Waals surface area contributed by atoms with Crippen LogP contribution in [0.5, 0.6) is 0 Å². The van der Waals surface area contributed by atoms with Gasteiger partial charge in [0, 0.05) is 42.8 Å². The van der Waals surface area contributed by atoms with Gasteiger partial charge in [0.05, 0.1) is 21.8 Å². The van der Waals surface area contributed by atoms with E-state index in [1.807, 2.05) is 65.6 Å². The van der Waals surface area contributed by atoms with Gasteiger partial charge in [0.1, 0.15) is 0 Å². The molecule has 1 aliphatic rings. The molecule has 0 N–H and O–H groups in total. The number of hydrogen-bond donors (Lipinski definition) is 0. The summed E-state index contributed by atoms with van der Waals surface area (Å²) in [7, 11) is 0. The van der Waals surface area contributed by atoms with Gasteiger partial charge < -0.3 is 9.80 Å². The van der Waals surface area contributed by atoms with Crippen molar-refractivity contribution in [1.29, 1.82) is 0 Å². The molecule has 4 aromatic rings. The van der Waals surface area contributed by atoms with Crippen LogP contribution in [0.1, 0.15) is 15.9 Å². The fourth-order valence-corrected chi connectivity index (χ4v) is 4.58. The first kappa shape index (κ1) is 20.5. The fraction of sp³-hybridized carbons (Fsp3) is 0.185. The molecule has 1 fully saturated rings. The zero-order chi connectivity index (χ0) is 22.1. The first-order valence-corrected chi connectivity index (χ1v) is 11.2. The van der Waals surface area contributed by atoms with Gasteiger partial charge in [0.15, 0.2) is 0 Å². The predicted molar refractivity (Wildman–Crippen MR) is 131 cm³/mol. The molecular formula is C27H24ClN3O. The Labute approximate surface area is 193 Å². The molecule has 4 nitrogen and oxygen atoms in total. The van der Waals surface area contributed by atoms with E-state index in [1.54, 1.807) is 0 Å². The molecule has 5 heteroatoms. The number of para-hydroxylation sites is 2. The van der Waals surface area contributed by atoms with Gasteiger partial charge in [-0.25, -0.2) is 4.98 Å². The lowest BCUT2D eigenvalue weighted by atomic mass is 10.00. The van der Waals surface area contributed by atoms with Crippen molar-refractivity contribution in [1.82, 2.24) is 9.88 Å². The van der Waals surface area contributed by atoms with Crippen LogP contribution in [-0.4, -0.2) is 42.0 Å². The summed E-state index contributed by atoms with van der Waals surface area (Å²) in [6.45, 7) is 5.03. The van der Waals surface area contributed by atoms with Crippen molar-refractivity contribution in [3.63, 3.8) is 0 Å². The summed E-state index contributed by atoms with van der Waals surface area (Å²) >= 11 is 6.51. The Bertz CT molecular complexity index is 1280. The number of rotatable bonds is 3. The van der Waals surface area contributed by atoms with E-state index in [9.17, 15) is 4.79 Å². The smallest absolute Gasteiger partial charge is 0.254 e. The molecule has 2 heterocycles. The van der Waals surface area contributed by atoms with E-state index in [4.69, 9.17) is 16.6 Å². The van der Waals surface area contributed by atoms with Crippen LogP contribution in [0.3, 0.4) is 0 Å². The molecule has 5 rings (SSSR count). The Balaban J connectivity index is 1.50. The number of piperazine rings is 1. The number of halogens is 1. The topological polar surface area (TPSA) is 36.4 Å². The Hall–Kier alpha value is -3.37. The number of fused-ring (bicyclic) bond motifs is 1. The molecular weight excluding hydrogens is 418 g/mol. The van der Waals surface area contributed by atoms with Crippen LogP contribution in [0.25, 0.3) is 22.2 Å². The first-order chi connectivity index (χ1) is 15.6. The maximum atomic E-state index is 13.7. The Morgan fingerprint density at radius 1 is 0.875 bits per heavy atom. The van der Waals surface area contributed by atoms with Crippen LogP contribution in [-0.2, 0) is 0 Å². The number of aromatic nitrogens is 1. The molecule has 0 spiro atoms. The number of carbonyl (C=O) groups is 1. The number of carbonyl (C=O) groups excluding carboxylic acids is 1. The van der Waals surface area contributed by atoms with Crippen molar-refractivity contribution in [3.05, 3.63) is 95.0 Å². The van der Waals surface area contributed by atoms with Gasteiger partial charge in [-0.3, -0.25) is 4.79 Å². The van der Waals surface area contributed by atoms with E-state index in [1.165, 1.54) is 5.69 Å². The van der Waals surface area contributed by atoms with Crippen LogP contribution in [0.2, 0.25) is 5.02 Å². The van der Waals surface area contributed by atoms with E-state index in [-0.39, 0.29) is 5.91 Å². The highest BCUT2D eigenvalue weighted by Crippen LogP contribution is 2.31. The van der Waals surface area contributed by atoms with Crippen molar-refractivity contribution < 1.29 is 4.79 Å². The molecule has 0 bridgehead atoms. The Morgan fingerprint density at radius 3 is 2.34 bits per heavy atom. The van der Waals surface area contributed by atoms with E-state index in [0.717, 1.165) is 35.3 Å². The van der Waals surface area contributed by atoms with E-state index in [0.29, 0.717) is 29.2 Å². The highest BCUT2D eigenvalue weighted by Gasteiger charge is 2.25. The Morgan fingerprint density at radius 2 is 1.59 bits per heavy atom. The summed E-state index contributed by atoms with van der Waals surface area (Å²) in [4.78, 5) is 22.8. The van der Waals surface area contributed by atoms with Crippen LogP contribution in [0.4, 0.5) is 5.69 Å². The van der Waals surface area contributed by atoms with Gasteiger partial charge in [-0.1, -0.05) is 66.2 Å². The number of nitrogens with zero attached hydrogens (tertiary/aromatic N) is 3. The average molecular weight is 442 g/mol. The van der Waals surface area contributed by atoms with E-state index >= 15 is 0 Å². The molecule has 160 valence electrons. The molecule has 0 saturated carbocycles. The normalized spacial score (nSPS) is 14.1. The molecule has 1 saturated heterocycles. The zero-order valence-corrected chi connectivity index (χ0v) is 18.7. The van der Waals surface area contributed by atoms with Crippen molar-refractivity contribution in [3.8, 4) is 11.3 Å². The standard InChI is InChI=1S/C27H24ClN3O/c1-19-8-5-6-11-21(19)25-18-23(22-12-7-13-24(28)26(22)29-25)27(32)31-16-14-30(15-17-31)20-9-3-2-4-10-20/h2-13,18H,14-17H2,1H3. The number of anilines is 1. The van der Waals surface area contributed by atoms with Crippen molar-refractivity contribution >= 4 is 34.1 Å². The SMILES string of the molecule is Cc1ccccc1-c1cc(C(=O)N2CCN(c3ccccc3)CC2)c2cccc(Cl)c2n1. The van der Waals surface area contributed by atoms with Crippen molar-refractivity contribution in [2.75, 3.05) is 31.1 Å². The first-order valence-electron chi connectivity index (χ1n) is 10.9. The minimum Gasteiger partial charge on any atom is -0.368 e. The summed E-state index contributed by atoms with van der Waals surface area (Å²) in [5, 5.41) is 1.35. The second-order valence-electron chi connectivity index (χ2n) is 8.12. The lowest BCUT2D eigenvalue weighted by Gasteiger charge is -2.36. The molecule has 0 radical (unpaired) electrons. The second-order valence-corrected chi connectivity index (χ2v) is 8.53. The summed E-state index contributed by atoms with van der Waals surface area (Å²) < 4.78 is 0. The number of amides is 1. The van der Waals surface area contributed by atoms with Crippen LogP contribution in [0, 0.1) is 6.92 Å². The molecule has 0 unspecified atom stereocenters. The molecule has 3 aromatic carbocycles. The maximum Gasteiger partial charge on any atom is 0.254 e. The third-order valence-corrected chi connectivity index (χ3v) is 6.43. The van der Waals surface area contributed by atoms with Crippen LogP contribution < -0.4 is 4.90 Å². The lowest BCUT2D eigenvalue weighted by molar-refractivity contribution is 0.0748. The van der Waals surface area contributed by atoms with Crippen LogP contribution >= 0.6 is 11.6 Å². The van der Waals surface area contributed by atoms with Gasteiger partial charge in [-0.05, 0) is 36.8 Å². The van der Waals surface area contributed by atoms with Gasteiger partial charge in [-0.2, -0.15) is 0 Å². The molecule has 1 aromatic heterocycles. The highest BCUT2D eigenvalue weighted by molar-refractivity contribution is 6.35. The molecule has 0 aliphatic carbocycles. The van der Waals surface area contributed by atoms with Gasteiger partial charge >= 0.3 is 0 Å². The quantitative estimate of drug-likeness (QED) is 0.401. The minimum absolute atomic E-state index is 0.0298. The maximum absolute atomic E-state index is 13.7. The summed E-state index contributed by atoms with van der Waals surface area (Å²) in [5.74, 6) is 0.0298. The molecule has 1 amide bonds. The monoisotopic (exact) mass is 441 g/mol. The highest BCUT2D eigenvalue weighted by atomic mass is 35.5. The van der Waals surface area contributed by atoms with Crippen LogP contribution in [0.15, 0.2) is 78.9 Å². The molecule has 32 heavy (non-hydrogen) atoms. The second kappa shape index (κ2) is 8.64. The Kier molecular flexibility index (Phi) is 5.54. The predicted octanol–water partition coefficient (Wildman–Crippen LogP) is 5.83. The summed E-state index contributed by atoms with van der Waals surface area (Å²) in [6.07, 6.45) is 0. The van der Waals surface area contributed by atoms with Gasteiger partial charge in [0.25, 0.3) is 5.91 Å². The lowest BCUT2D eigenvalue weighted by Crippen LogP contribution is -2.48. The summed E-state index contributed by atoms with van der Waals surface area (Å²) in [6, 6.07) is 26.0. The van der Waals surface area contributed by atoms with Gasteiger partial charge in [-0.15, -0.1) is 0 Å². The number of pyridine rings is 1. The van der Waals surface area contributed by atoms with Crippen molar-refractivity contribution in [2.24, 2.45) is 0 Å². The summed E-state index contributed by atoms with van der Waals surface area (Å²) in [5.41, 5.74) is 5.42. The third-order valence-electron chi connectivity index (χ3n) is 6.13. The van der Waals surface area contributed by atoms with E-state index < -0.39 is 0 Å². The molecule has 1 aliphatic heterocycles. The largest absolute Gasteiger partial charge is 0.368 e. The third kappa shape index (κ3) is 3.82. The zero-order valence-electron chi connectivity index (χ0n) is 18.0. The number of benzene rings is 3. The van der Waals surface area contributed by atoms with Crippen molar-refractivity contribution in [2.45, 2.75) is 6.92 Å². The molecule has 0 atom stereocenters. The van der Waals surface area contributed by atoms with E-state index in [2.05, 4.69) is 30.0 Å². The fourth-order valence-electron chi connectivity index (χ4n) is 4.37. The minimum atomic E-state index is 0.0298. The number of hydrogen-bond acceptors (Lipinski definition) is 3.